The van der Waals surface area contributed by atoms with E-state index in [9.17, 15) is 23.1 Å². The standard InChI is InChI=1S/C15H17ClN4O5S/c1-19(9-7-18-16)14(21)11-4-2-10(3-5-11)12-6-8-20(26(17,24)25)13(12)15(22)23/h2-6,8,18H,7,9H2,1H3,(H,22,23)(H2,17,24,25). The molecule has 11 heteroatoms. The molecule has 0 atom stereocenters. The molecule has 1 aromatic carbocycles. The number of aromatic nitrogens is 1. The Morgan fingerprint density at radius 2 is 1.88 bits per heavy atom. The van der Waals surface area contributed by atoms with Gasteiger partial charge in [-0.05, 0) is 35.5 Å². The van der Waals surface area contributed by atoms with Crippen LogP contribution in [0.5, 0.6) is 0 Å². The number of halogens is 1. The lowest BCUT2D eigenvalue weighted by molar-refractivity contribution is 0.0689. The van der Waals surface area contributed by atoms with Gasteiger partial charge in [-0.3, -0.25) is 4.79 Å². The molecular weight excluding hydrogens is 384 g/mol. The number of hydrogen-bond acceptors (Lipinski definition) is 5. The molecule has 4 N–H and O–H groups in total. The van der Waals surface area contributed by atoms with Crippen molar-refractivity contribution < 1.29 is 23.1 Å². The van der Waals surface area contributed by atoms with Crippen molar-refractivity contribution >= 4 is 33.9 Å². The fourth-order valence-electron chi connectivity index (χ4n) is 2.39. The van der Waals surface area contributed by atoms with E-state index in [-0.39, 0.29) is 11.5 Å². The van der Waals surface area contributed by atoms with E-state index in [1.807, 2.05) is 0 Å². The summed E-state index contributed by atoms with van der Waals surface area (Å²) in [6.45, 7) is 0.829. The Kier molecular flexibility index (Phi) is 6.03. The molecule has 0 saturated heterocycles. The molecule has 0 radical (unpaired) electrons. The highest BCUT2D eigenvalue weighted by Crippen LogP contribution is 2.26. The number of carbonyl (C=O) groups excluding carboxylic acids is 1. The van der Waals surface area contributed by atoms with E-state index >= 15 is 0 Å². The molecule has 0 spiro atoms. The average Bonchev–Trinajstić information content (AvgIpc) is 3.05. The first-order valence-electron chi connectivity index (χ1n) is 7.34. The van der Waals surface area contributed by atoms with Crippen molar-refractivity contribution in [1.82, 2.24) is 13.7 Å². The van der Waals surface area contributed by atoms with E-state index in [2.05, 4.69) is 4.84 Å². The van der Waals surface area contributed by atoms with Crippen LogP contribution < -0.4 is 9.97 Å². The lowest BCUT2D eigenvalue weighted by atomic mass is 10.0. The molecule has 9 nitrogen and oxygen atoms in total. The molecular formula is C15H17ClN4O5S. The predicted molar refractivity (Wildman–Crippen MR) is 96.1 cm³/mol. The van der Waals surface area contributed by atoms with Crippen LogP contribution in [-0.4, -0.2) is 54.4 Å². The largest absolute Gasteiger partial charge is 0.477 e. The summed E-state index contributed by atoms with van der Waals surface area (Å²) in [4.78, 5) is 27.6. The maximum absolute atomic E-state index is 12.3. The monoisotopic (exact) mass is 400 g/mol. The molecule has 0 fully saturated rings. The van der Waals surface area contributed by atoms with Crippen LogP contribution in [0, 0.1) is 0 Å². The highest BCUT2D eigenvalue weighted by molar-refractivity contribution is 7.87. The van der Waals surface area contributed by atoms with E-state index in [1.54, 1.807) is 7.05 Å². The van der Waals surface area contributed by atoms with Gasteiger partial charge in [0.1, 0.15) is 0 Å². The maximum atomic E-state index is 12.3. The molecule has 1 amide bonds. The van der Waals surface area contributed by atoms with E-state index in [0.29, 0.717) is 28.2 Å². The summed E-state index contributed by atoms with van der Waals surface area (Å²) in [5.41, 5.74) is 0.530. The Balaban J connectivity index is 2.36. The first kappa shape index (κ1) is 19.9. The van der Waals surface area contributed by atoms with E-state index in [1.165, 1.54) is 35.2 Å². The number of likely N-dealkylation sites (N-methyl/N-ethyl adjacent to an activating group) is 1. The van der Waals surface area contributed by atoms with Gasteiger partial charge in [0.25, 0.3) is 5.91 Å². The van der Waals surface area contributed by atoms with Crippen molar-refractivity contribution in [3.05, 3.63) is 47.8 Å². The maximum Gasteiger partial charge on any atom is 0.354 e. The van der Waals surface area contributed by atoms with Gasteiger partial charge < -0.3 is 10.0 Å². The number of aromatic carboxylic acids is 1. The third kappa shape index (κ3) is 4.22. The number of benzene rings is 1. The minimum Gasteiger partial charge on any atom is -0.477 e. The summed E-state index contributed by atoms with van der Waals surface area (Å²) in [5.74, 6) is -1.67. The van der Waals surface area contributed by atoms with Gasteiger partial charge in [-0.2, -0.15) is 8.42 Å². The molecule has 26 heavy (non-hydrogen) atoms. The van der Waals surface area contributed by atoms with Gasteiger partial charge in [0, 0.05) is 37.5 Å². The second-order valence-corrected chi connectivity index (χ2v) is 7.10. The van der Waals surface area contributed by atoms with Gasteiger partial charge in [-0.1, -0.05) is 12.1 Å². The Morgan fingerprint density at radius 1 is 1.27 bits per heavy atom. The number of rotatable bonds is 7. The van der Waals surface area contributed by atoms with Gasteiger partial charge >= 0.3 is 16.2 Å². The van der Waals surface area contributed by atoms with Gasteiger partial charge in [0.15, 0.2) is 5.69 Å². The van der Waals surface area contributed by atoms with Crippen molar-refractivity contribution in [2.75, 3.05) is 20.1 Å². The smallest absolute Gasteiger partial charge is 0.354 e. The zero-order chi connectivity index (χ0) is 19.5. The number of carboxylic acid groups (broad SMARTS) is 1. The lowest BCUT2D eigenvalue weighted by Gasteiger charge is -2.16. The summed E-state index contributed by atoms with van der Waals surface area (Å²) in [5, 5.41) is 14.4. The second kappa shape index (κ2) is 7.87. The Labute approximate surface area is 155 Å². The summed E-state index contributed by atoms with van der Waals surface area (Å²) in [7, 11) is -2.62. The predicted octanol–water partition coefficient (Wildman–Crippen LogP) is 0.720. The van der Waals surface area contributed by atoms with Crippen molar-refractivity contribution in [3.63, 3.8) is 0 Å². The van der Waals surface area contributed by atoms with Crippen LogP contribution in [0.25, 0.3) is 11.1 Å². The van der Waals surface area contributed by atoms with Crippen LogP contribution in [0.4, 0.5) is 0 Å². The van der Waals surface area contributed by atoms with E-state index < -0.39 is 21.9 Å². The van der Waals surface area contributed by atoms with Crippen molar-refractivity contribution in [1.29, 1.82) is 0 Å². The number of nitrogens with one attached hydrogen (secondary N) is 1. The summed E-state index contributed by atoms with van der Waals surface area (Å²) < 4.78 is 23.5. The highest BCUT2D eigenvalue weighted by Gasteiger charge is 2.23. The van der Waals surface area contributed by atoms with E-state index in [4.69, 9.17) is 16.9 Å². The van der Waals surface area contributed by atoms with Crippen molar-refractivity contribution in [3.8, 4) is 11.1 Å². The van der Waals surface area contributed by atoms with Crippen molar-refractivity contribution in [2.24, 2.45) is 5.14 Å². The number of nitrogens with two attached hydrogens (primary N) is 1. The second-order valence-electron chi connectivity index (χ2n) is 5.41. The molecule has 140 valence electrons. The molecule has 1 aromatic heterocycles. The summed E-state index contributed by atoms with van der Waals surface area (Å²) >= 11 is 5.37. The fraction of sp³-hybridized carbons (Fsp3) is 0.200. The SMILES string of the molecule is CN(CCNCl)C(=O)c1ccc(-c2ccn(S(N)(=O)=O)c2C(=O)O)cc1. The Hall–Kier alpha value is -2.40. The molecule has 0 bridgehead atoms. The number of amides is 1. The van der Waals surface area contributed by atoms with Crippen LogP contribution in [0.1, 0.15) is 20.8 Å². The van der Waals surface area contributed by atoms with Gasteiger partial charge in [0.05, 0.1) is 0 Å². The lowest BCUT2D eigenvalue weighted by Crippen LogP contribution is -2.31. The molecule has 2 aromatic rings. The van der Waals surface area contributed by atoms with Crippen molar-refractivity contribution in [2.45, 2.75) is 0 Å². The Bertz CT molecular complexity index is 924. The summed E-state index contributed by atoms with van der Waals surface area (Å²) in [6, 6.07) is 7.47. The molecule has 0 aliphatic rings. The minimum absolute atomic E-state index is 0.171. The number of carboxylic acids is 1. The van der Waals surface area contributed by atoms with Gasteiger partial charge in [-0.25, -0.2) is 18.7 Å². The minimum atomic E-state index is -4.25. The quantitative estimate of drug-likeness (QED) is 0.586. The number of carbonyl (C=O) groups is 2. The van der Waals surface area contributed by atoms with Crippen LogP contribution in [0.15, 0.2) is 36.5 Å². The van der Waals surface area contributed by atoms with Crippen LogP contribution >= 0.6 is 11.8 Å². The first-order chi connectivity index (χ1) is 12.2. The Morgan fingerprint density at radius 3 is 2.38 bits per heavy atom. The average molecular weight is 401 g/mol. The first-order valence-corrected chi connectivity index (χ1v) is 9.22. The molecule has 2 rings (SSSR count). The third-order valence-electron chi connectivity index (χ3n) is 3.66. The molecule has 1 heterocycles. The molecule has 0 unspecified atom stereocenters. The van der Waals surface area contributed by atoms with E-state index in [0.717, 1.165) is 6.20 Å². The topological polar surface area (TPSA) is 135 Å². The van der Waals surface area contributed by atoms with Gasteiger partial charge in [-0.15, -0.1) is 0 Å². The van der Waals surface area contributed by atoms with Crippen LogP contribution in [0.2, 0.25) is 0 Å². The number of hydrogen-bond donors (Lipinski definition) is 3. The number of nitrogens with zero attached hydrogens (tertiary/aromatic N) is 2. The fourth-order valence-corrected chi connectivity index (χ4v) is 3.14. The van der Waals surface area contributed by atoms with Crippen LogP contribution in [0.3, 0.4) is 0 Å². The zero-order valence-electron chi connectivity index (χ0n) is 13.7. The normalized spacial score (nSPS) is 11.3. The molecule has 0 saturated carbocycles. The molecule has 0 aliphatic carbocycles. The van der Waals surface area contributed by atoms with Gasteiger partial charge in [0.2, 0.25) is 0 Å². The van der Waals surface area contributed by atoms with Crippen LogP contribution in [-0.2, 0) is 10.2 Å². The summed E-state index contributed by atoms with van der Waals surface area (Å²) in [6.07, 6.45) is 1.07. The molecule has 0 aliphatic heterocycles. The zero-order valence-corrected chi connectivity index (χ0v) is 15.3. The third-order valence-corrected chi connectivity index (χ3v) is 4.70. The highest BCUT2D eigenvalue weighted by atomic mass is 35.5.